The van der Waals surface area contributed by atoms with Crippen LogP contribution in [0.5, 0.6) is 5.75 Å². The maximum absolute atomic E-state index is 5.45. The second-order valence-electron chi connectivity index (χ2n) is 7.88. The van der Waals surface area contributed by atoms with Crippen molar-refractivity contribution in [3.05, 3.63) is 77.7 Å². The number of nitrogens with zero attached hydrogens (tertiary/aromatic N) is 5. The fourth-order valence-corrected chi connectivity index (χ4v) is 4.34. The second-order valence-corrected chi connectivity index (χ2v) is 7.88. The van der Waals surface area contributed by atoms with E-state index in [9.17, 15) is 0 Å². The van der Waals surface area contributed by atoms with Crippen LogP contribution in [0.25, 0.3) is 16.9 Å². The number of benzene rings is 2. The number of likely N-dealkylation sites (tertiary alicyclic amines) is 1. The largest absolute Gasteiger partial charge is 0.497 e. The van der Waals surface area contributed by atoms with Crippen molar-refractivity contribution >= 4 is 0 Å². The van der Waals surface area contributed by atoms with Gasteiger partial charge in [0, 0.05) is 23.9 Å². The minimum Gasteiger partial charge on any atom is -0.497 e. The summed E-state index contributed by atoms with van der Waals surface area (Å²) in [7, 11) is 1.69. The quantitative estimate of drug-likeness (QED) is 0.459. The molecular formula is C24H25N5O2. The van der Waals surface area contributed by atoms with Crippen molar-refractivity contribution in [3.63, 3.8) is 0 Å². The van der Waals surface area contributed by atoms with Crippen LogP contribution in [0.1, 0.15) is 35.8 Å². The van der Waals surface area contributed by atoms with Gasteiger partial charge in [-0.25, -0.2) is 9.31 Å². The van der Waals surface area contributed by atoms with Crippen LogP contribution in [0, 0.1) is 6.92 Å². The number of hydrogen-bond acceptors (Lipinski definition) is 6. The lowest BCUT2D eigenvalue weighted by Gasteiger charge is -2.22. The molecule has 0 spiro atoms. The molecule has 0 N–H and O–H groups in total. The van der Waals surface area contributed by atoms with Crippen LogP contribution in [0.3, 0.4) is 0 Å². The fourth-order valence-electron chi connectivity index (χ4n) is 4.34. The van der Waals surface area contributed by atoms with Crippen molar-refractivity contribution in [1.29, 1.82) is 0 Å². The van der Waals surface area contributed by atoms with Gasteiger partial charge in [0.05, 0.1) is 24.5 Å². The lowest BCUT2D eigenvalue weighted by Crippen LogP contribution is -2.23. The molecule has 1 aliphatic heterocycles. The molecule has 4 aromatic rings. The molecule has 1 atom stereocenters. The topological polar surface area (TPSA) is 69.2 Å². The Labute approximate surface area is 181 Å². The highest BCUT2D eigenvalue weighted by molar-refractivity contribution is 5.65. The summed E-state index contributed by atoms with van der Waals surface area (Å²) in [5, 5.41) is 13.1. The van der Waals surface area contributed by atoms with Gasteiger partial charge in [0.15, 0.2) is 0 Å². The summed E-state index contributed by atoms with van der Waals surface area (Å²) in [4.78, 5) is 2.45. The molecule has 31 heavy (non-hydrogen) atoms. The van der Waals surface area contributed by atoms with Crippen LogP contribution in [0.15, 0.2) is 65.4 Å². The monoisotopic (exact) mass is 415 g/mol. The average Bonchev–Trinajstić information content (AvgIpc) is 3.54. The summed E-state index contributed by atoms with van der Waals surface area (Å²) in [6.07, 6.45) is 4.31. The first-order chi connectivity index (χ1) is 15.2. The van der Waals surface area contributed by atoms with E-state index in [0.717, 1.165) is 65.6 Å². The molecule has 3 heterocycles. The minimum atomic E-state index is 0.212. The number of hydrogen-bond donors (Lipinski definition) is 0. The first kappa shape index (κ1) is 19.5. The summed E-state index contributed by atoms with van der Waals surface area (Å²) >= 11 is 0. The molecule has 1 saturated heterocycles. The summed E-state index contributed by atoms with van der Waals surface area (Å²) in [6, 6.07) is 18.5. The van der Waals surface area contributed by atoms with Gasteiger partial charge in [0.1, 0.15) is 17.1 Å². The zero-order valence-electron chi connectivity index (χ0n) is 17.7. The van der Waals surface area contributed by atoms with Gasteiger partial charge in [-0.05, 0) is 50.6 Å². The maximum atomic E-state index is 5.45. The highest BCUT2D eigenvalue weighted by Crippen LogP contribution is 2.35. The molecule has 2 aromatic carbocycles. The van der Waals surface area contributed by atoms with E-state index in [1.807, 2.05) is 48.0 Å². The Balaban J connectivity index is 1.53. The molecular weight excluding hydrogens is 390 g/mol. The van der Waals surface area contributed by atoms with E-state index in [1.54, 1.807) is 7.11 Å². The SMILES string of the molecule is COc1cccc(-c2nn(-c3ccccc3)cc2CN2CCC[C@@H]2c2nonc2C)c1. The van der Waals surface area contributed by atoms with Crippen LogP contribution >= 0.6 is 0 Å². The van der Waals surface area contributed by atoms with Crippen molar-refractivity contribution in [2.75, 3.05) is 13.7 Å². The second kappa shape index (κ2) is 8.35. The molecule has 7 nitrogen and oxygen atoms in total. The van der Waals surface area contributed by atoms with Gasteiger partial charge in [-0.1, -0.05) is 40.6 Å². The molecule has 1 fully saturated rings. The zero-order valence-corrected chi connectivity index (χ0v) is 17.7. The van der Waals surface area contributed by atoms with E-state index >= 15 is 0 Å². The Morgan fingerprint density at radius 2 is 1.97 bits per heavy atom. The molecule has 2 aromatic heterocycles. The lowest BCUT2D eigenvalue weighted by atomic mass is 10.1. The number of ether oxygens (including phenoxy) is 1. The molecule has 0 bridgehead atoms. The van der Waals surface area contributed by atoms with Crippen LogP contribution in [0.4, 0.5) is 0 Å². The molecule has 0 unspecified atom stereocenters. The van der Waals surface area contributed by atoms with Crippen molar-refractivity contribution in [2.45, 2.75) is 32.4 Å². The van der Waals surface area contributed by atoms with Crippen LogP contribution < -0.4 is 4.74 Å². The summed E-state index contributed by atoms with van der Waals surface area (Å²) in [5.74, 6) is 0.820. The highest BCUT2D eigenvalue weighted by atomic mass is 16.6. The van der Waals surface area contributed by atoms with Gasteiger partial charge in [0.2, 0.25) is 0 Å². The van der Waals surface area contributed by atoms with Crippen LogP contribution in [0.2, 0.25) is 0 Å². The first-order valence-electron chi connectivity index (χ1n) is 10.5. The van der Waals surface area contributed by atoms with Crippen LogP contribution in [-0.4, -0.2) is 38.6 Å². The van der Waals surface area contributed by atoms with E-state index in [0.29, 0.717) is 0 Å². The Bertz CT molecular complexity index is 1170. The van der Waals surface area contributed by atoms with E-state index in [-0.39, 0.29) is 6.04 Å². The van der Waals surface area contributed by atoms with Gasteiger partial charge in [0.25, 0.3) is 0 Å². The van der Waals surface area contributed by atoms with Crippen molar-refractivity contribution < 1.29 is 9.37 Å². The minimum absolute atomic E-state index is 0.212. The van der Waals surface area contributed by atoms with E-state index in [4.69, 9.17) is 14.5 Å². The van der Waals surface area contributed by atoms with Gasteiger partial charge < -0.3 is 4.74 Å². The Morgan fingerprint density at radius 1 is 1.10 bits per heavy atom. The molecule has 7 heteroatoms. The smallest absolute Gasteiger partial charge is 0.125 e. The molecule has 1 aliphatic rings. The number of aromatic nitrogens is 4. The van der Waals surface area contributed by atoms with Crippen molar-refractivity contribution in [2.24, 2.45) is 0 Å². The van der Waals surface area contributed by atoms with E-state index in [2.05, 4.69) is 39.6 Å². The third-order valence-electron chi connectivity index (χ3n) is 5.89. The van der Waals surface area contributed by atoms with E-state index in [1.165, 1.54) is 0 Å². The number of para-hydroxylation sites is 1. The Hall–Kier alpha value is -3.45. The normalized spacial score (nSPS) is 16.6. The Morgan fingerprint density at radius 3 is 2.74 bits per heavy atom. The zero-order chi connectivity index (χ0) is 21.2. The number of rotatable bonds is 6. The van der Waals surface area contributed by atoms with Crippen molar-refractivity contribution in [1.82, 2.24) is 25.0 Å². The molecule has 158 valence electrons. The third-order valence-corrected chi connectivity index (χ3v) is 5.89. The maximum Gasteiger partial charge on any atom is 0.125 e. The van der Waals surface area contributed by atoms with E-state index < -0.39 is 0 Å². The number of aryl methyl sites for hydroxylation is 1. The number of methoxy groups -OCH3 is 1. The standard InChI is InChI=1S/C24H25N5O2/c1-17-23(27-31-26-17)22-12-7-13-28(22)15-19-16-29(20-9-4-3-5-10-20)25-24(19)18-8-6-11-21(14-18)30-2/h3-6,8-11,14,16,22H,7,12-13,15H2,1-2H3/t22-/m1/s1. The predicted octanol–water partition coefficient (Wildman–Crippen LogP) is 4.58. The molecule has 0 amide bonds. The molecule has 0 radical (unpaired) electrons. The molecule has 0 saturated carbocycles. The Kier molecular flexibility index (Phi) is 5.26. The summed E-state index contributed by atoms with van der Waals surface area (Å²) < 4.78 is 12.4. The fraction of sp³-hybridized carbons (Fsp3) is 0.292. The highest BCUT2D eigenvalue weighted by Gasteiger charge is 2.31. The van der Waals surface area contributed by atoms with Gasteiger partial charge in [-0.15, -0.1) is 0 Å². The third kappa shape index (κ3) is 3.84. The molecule has 5 rings (SSSR count). The molecule has 0 aliphatic carbocycles. The van der Waals surface area contributed by atoms with Gasteiger partial charge >= 0.3 is 0 Å². The lowest BCUT2D eigenvalue weighted by molar-refractivity contribution is 0.231. The average molecular weight is 415 g/mol. The van der Waals surface area contributed by atoms with Crippen LogP contribution in [-0.2, 0) is 6.54 Å². The van der Waals surface area contributed by atoms with Gasteiger partial charge in [-0.2, -0.15) is 5.10 Å². The first-order valence-corrected chi connectivity index (χ1v) is 10.5. The summed E-state index contributed by atoms with van der Waals surface area (Å²) in [5.41, 5.74) is 6.01. The van der Waals surface area contributed by atoms with Gasteiger partial charge in [-0.3, -0.25) is 4.90 Å². The van der Waals surface area contributed by atoms with Crippen molar-refractivity contribution in [3.8, 4) is 22.7 Å². The summed E-state index contributed by atoms with van der Waals surface area (Å²) in [6.45, 7) is 3.73. The predicted molar refractivity (Wildman–Crippen MR) is 117 cm³/mol.